The molecule has 1 aliphatic rings. The number of nitrogens with one attached hydrogen (secondary N) is 1. The van der Waals surface area contributed by atoms with Crippen LogP contribution in [0, 0.1) is 5.92 Å². The summed E-state index contributed by atoms with van der Waals surface area (Å²) in [6.45, 7) is 7.50. The third kappa shape index (κ3) is 7.11. The molecule has 0 radical (unpaired) electrons. The molecule has 0 unspecified atom stereocenters. The highest BCUT2D eigenvalue weighted by Gasteiger charge is 2.32. The number of amides is 1. The van der Waals surface area contributed by atoms with Crippen LogP contribution in [0.2, 0.25) is 0 Å². The van der Waals surface area contributed by atoms with E-state index in [1.165, 1.54) is 0 Å². The van der Waals surface area contributed by atoms with Crippen LogP contribution in [0.5, 0.6) is 17.2 Å². The SMILES string of the molecule is COCCCOc1cc(C(=O)N(C(C)C)[C@H]2CNC[C@@H](COc3ccccc3)C2)ccc1OC. The van der Waals surface area contributed by atoms with Crippen molar-refractivity contribution in [2.45, 2.75) is 38.8 Å². The monoisotopic (exact) mass is 470 g/mol. The first kappa shape index (κ1) is 25.8. The summed E-state index contributed by atoms with van der Waals surface area (Å²) < 4.78 is 22.4. The molecule has 0 saturated carbocycles. The number of carbonyl (C=O) groups is 1. The highest BCUT2D eigenvalue weighted by atomic mass is 16.5. The van der Waals surface area contributed by atoms with Crippen LogP contribution in [0.3, 0.4) is 0 Å². The van der Waals surface area contributed by atoms with Gasteiger partial charge in [0.25, 0.3) is 5.91 Å². The van der Waals surface area contributed by atoms with Crippen LogP contribution in [-0.4, -0.2) is 70.0 Å². The third-order valence-corrected chi connectivity index (χ3v) is 5.99. The van der Waals surface area contributed by atoms with Gasteiger partial charge in [-0.05, 0) is 50.6 Å². The largest absolute Gasteiger partial charge is 0.493 e. The second-order valence-corrected chi connectivity index (χ2v) is 8.90. The van der Waals surface area contributed by atoms with Gasteiger partial charge in [-0.25, -0.2) is 0 Å². The standard InChI is InChI=1S/C27H38N2O5/c1-20(2)29(23-15-21(17-28-18-23)19-34-24-9-6-5-7-10-24)27(30)22-11-12-25(32-4)26(16-22)33-14-8-13-31-3/h5-7,9-12,16,20-21,23,28H,8,13-15,17-19H2,1-4H3/t21-,23+/m0/s1. The molecule has 7 nitrogen and oxygen atoms in total. The Morgan fingerprint density at radius 2 is 1.82 bits per heavy atom. The van der Waals surface area contributed by atoms with E-state index >= 15 is 0 Å². The predicted molar refractivity (Wildman–Crippen MR) is 133 cm³/mol. The Morgan fingerprint density at radius 3 is 2.53 bits per heavy atom. The summed E-state index contributed by atoms with van der Waals surface area (Å²) in [6, 6.07) is 15.4. The molecule has 3 rings (SSSR count). The van der Waals surface area contributed by atoms with Crippen LogP contribution in [0.15, 0.2) is 48.5 Å². The molecular formula is C27H38N2O5. The lowest BCUT2D eigenvalue weighted by molar-refractivity contribution is 0.0509. The number of rotatable bonds is 12. The van der Waals surface area contributed by atoms with Gasteiger partial charge in [-0.1, -0.05) is 18.2 Å². The van der Waals surface area contributed by atoms with E-state index in [-0.39, 0.29) is 18.0 Å². The molecule has 34 heavy (non-hydrogen) atoms. The average Bonchev–Trinajstić information content (AvgIpc) is 2.86. The van der Waals surface area contributed by atoms with E-state index < -0.39 is 0 Å². The first-order chi connectivity index (χ1) is 16.5. The zero-order valence-corrected chi connectivity index (χ0v) is 20.8. The lowest BCUT2D eigenvalue weighted by Crippen LogP contribution is -2.54. The van der Waals surface area contributed by atoms with Crippen LogP contribution < -0.4 is 19.5 Å². The minimum atomic E-state index is -0.00387. The number of benzene rings is 2. The Kier molecular flexibility index (Phi) is 10.0. The fraction of sp³-hybridized carbons (Fsp3) is 0.519. The molecule has 0 aliphatic carbocycles. The van der Waals surface area contributed by atoms with E-state index in [4.69, 9.17) is 18.9 Å². The fourth-order valence-electron chi connectivity index (χ4n) is 4.35. The highest BCUT2D eigenvalue weighted by Crippen LogP contribution is 2.30. The van der Waals surface area contributed by atoms with Gasteiger partial charge in [0.15, 0.2) is 11.5 Å². The first-order valence-corrected chi connectivity index (χ1v) is 12.0. The quantitative estimate of drug-likeness (QED) is 0.473. The first-order valence-electron chi connectivity index (χ1n) is 12.0. The molecule has 1 N–H and O–H groups in total. The van der Waals surface area contributed by atoms with Crippen molar-refractivity contribution >= 4 is 5.91 Å². The zero-order chi connectivity index (χ0) is 24.3. The van der Waals surface area contributed by atoms with E-state index in [0.717, 1.165) is 31.7 Å². The minimum Gasteiger partial charge on any atom is -0.493 e. The van der Waals surface area contributed by atoms with Crippen LogP contribution in [-0.2, 0) is 4.74 Å². The van der Waals surface area contributed by atoms with Crippen LogP contribution in [0.1, 0.15) is 37.0 Å². The molecule has 2 aromatic rings. The summed E-state index contributed by atoms with van der Waals surface area (Å²) in [7, 11) is 3.27. The second-order valence-electron chi connectivity index (χ2n) is 8.90. The van der Waals surface area contributed by atoms with Crippen molar-refractivity contribution in [3.63, 3.8) is 0 Å². The normalized spacial score (nSPS) is 17.9. The molecule has 1 amide bonds. The van der Waals surface area contributed by atoms with Gasteiger partial charge < -0.3 is 29.2 Å². The van der Waals surface area contributed by atoms with Crippen LogP contribution in [0.4, 0.5) is 0 Å². The molecule has 1 heterocycles. The maximum Gasteiger partial charge on any atom is 0.254 e. The molecule has 0 bridgehead atoms. The van der Waals surface area contributed by atoms with E-state index in [2.05, 4.69) is 19.2 Å². The van der Waals surface area contributed by atoms with Gasteiger partial charge in [0.2, 0.25) is 0 Å². The van der Waals surface area contributed by atoms with Crippen molar-refractivity contribution in [3.05, 3.63) is 54.1 Å². The van der Waals surface area contributed by atoms with Crippen LogP contribution >= 0.6 is 0 Å². The number of piperidine rings is 1. The number of hydrogen-bond acceptors (Lipinski definition) is 6. The smallest absolute Gasteiger partial charge is 0.254 e. The fourth-order valence-corrected chi connectivity index (χ4v) is 4.35. The van der Waals surface area contributed by atoms with Crippen LogP contribution in [0.25, 0.3) is 0 Å². The van der Waals surface area contributed by atoms with Crippen molar-refractivity contribution in [1.29, 1.82) is 0 Å². The summed E-state index contributed by atoms with van der Waals surface area (Å²) in [4.78, 5) is 15.6. The Morgan fingerprint density at radius 1 is 1.03 bits per heavy atom. The third-order valence-electron chi connectivity index (χ3n) is 5.99. The van der Waals surface area contributed by atoms with Crippen molar-refractivity contribution < 1.29 is 23.7 Å². The topological polar surface area (TPSA) is 69.3 Å². The summed E-state index contributed by atoms with van der Waals surface area (Å²) in [6.07, 6.45) is 1.65. The molecule has 0 spiro atoms. The average molecular weight is 471 g/mol. The van der Waals surface area contributed by atoms with Gasteiger partial charge in [0.05, 0.1) is 20.3 Å². The summed E-state index contributed by atoms with van der Waals surface area (Å²) in [5, 5.41) is 3.50. The Balaban J connectivity index is 1.69. The summed E-state index contributed by atoms with van der Waals surface area (Å²) in [5.74, 6) is 2.38. The highest BCUT2D eigenvalue weighted by molar-refractivity contribution is 5.95. The molecule has 1 saturated heterocycles. The number of methoxy groups -OCH3 is 2. The lowest BCUT2D eigenvalue weighted by atomic mass is 9.94. The Labute approximate surface area is 203 Å². The molecule has 2 aromatic carbocycles. The minimum absolute atomic E-state index is 0.00387. The second kappa shape index (κ2) is 13.2. The number of ether oxygens (including phenoxy) is 4. The van der Waals surface area contributed by atoms with Gasteiger partial charge in [-0.2, -0.15) is 0 Å². The molecule has 2 atom stereocenters. The van der Waals surface area contributed by atoms with Crippen molar-refractivity contribution in [3.8, 4) is 17.2 Å². The van der Waals surface area contributed by atoms with Gasteiger partial charge in [0.1, 0.15) is 5.75 Å². The van der Waals surface area contributed by atoms with Crippen molar-refractivity contribution in [1.82, 2.24) is 10.2 Å². The molecule has 1 fully saturated rings. The Hall–Kier alpha value is -2.77. The maximum absolute atomic E-state index is 13.7. The van der Waals surface area contributed by atoms with E-state index in [9.17, 15) is 4.79 Å². The van der Waals surface area contributed by atoms with E-state index in [0.29, 0.717) is 42.8 Å². The number of nitrogens with zero attached hydrogens (tertiary/aromatic N) is 1. The zero-order valence-electron chi connectivity index (χ0n) is 20.8. The maximum atomic E-state index is 13.7. The molecule has 7 heteroatoms. The van der Waals surface area contributed by atoms with Gasteiger partial charge in [-0.3, -0.25) is 4.79 Å². The van der Waals surface area contributed by atoms with E-state index in [1.54, 1.807) is 26.4 Å². The van der Waals surface area contributed by atoms with Crippen molar-refractivity contribution in [2.75, 3.05) is 47.1 Å². The van der Waals surface area contributed by atoms with Gasteiger partial charge >= 0.3 is 0 Å². The molecule has 1 aliphatic heterocycles. The molecule has 186 valence electrons. The van der Waals surface area contributed by atoms with Crippen molar-refractivity contribution in [2.24, 2.45) is 5.92 Å². The molecule has 0 aromatic heterocycles. The lowest BCUT2D eigenvalue weighted by Gasteiger charge is -2.40. The van der Waals surface area contributed by atoms with Gasteiger partial charge in [0, 0.05) is 56.8 Å². The number of para-hydroxylation sites is 1. The van der Waals surface area contributed by atoms with E-state index in [1.807, 2.05) is 41.3 Å². The summed E-state index contributed by atoms with van der Waals surface area (Å²) >= 11 is 0. The summed E-state index contributed by atoms with van der Waals surface area (Å²) in [5.41, 5.74) is 0.596. The van der Waals surface area contributed by atoms with Gasteiger partial charge in [-0.15, -0.1) is 0 Å². The number of hydrogen-bond donors (Lipinski definition) is 1. The molecular weight excluding hydrogens is 432 g/mol. The Bertz CT molecular complexity index is 890. The number of carbonyl (C=O) groups excluding carboxylic acids is 1. The predicted octanol–water partition coefficient (Wildman–Crippen LogP) is 4.02.